The zero-order valence-electron chi connectivity index (χ0n) is 13.6. The van der Waals surface area contributed by atoms with Crippen LogP contribution in [0.15, 0.2) is 18.3 Å². The lowest BCUT2D eigenvalue weighted by Gasteiger charge is -2.11. The SMILES string of the molecule is Cc1ccnc(Nc2nc(Cl)nc3c(C)nn(CC(C)C)c23)c1. The van der Waals surface area contributed by atoms with E-state index in [1.807, 2.05) is 30.7 Å². The van der Waals surface area contributed by atoms with Gasteiger partial charge < -0.3 is 5.32 Å². The second kappa shape index (κ2) is 6.12. The number of hydrogen-bond acceptors (Lipinski definition) is 5. The van der Waals surface area contributed by atoms with Gasteiger partial charge in [-0.1, -0.05) is 13.8 Å². The van der Waals surface area contributed by atoms with Gasteiger partial charge in [-0.15, -0.1) is 0 Å². The number of aryl methyl sites for hydroxylation is 2. The molecule has 0 saturated heterocycles. The Kier molecular flexibility index (Phi) is 4.17. The Morgan fingerprint density at radius 2 is 2.04 bits per heavy atom. The summed E-state index contributed by atoms with van der Waals surface area (Å²) in [5, 5.41) is 8.03. The van der Waals surface area contributed by atoms with Crippen molar-refractivity contribution in [2.75, 3.05) is 5.32 Å². The van der Waals surface area contributed by atoms with Gasteiger partial charge in [-0.25, -0.2) is 9.97 Å². The fourth-order valence-electron chi connectivity index (χ4n) is 2.49. The van der Waals surface area contributed by atoms with Gasteiger partial charge in [0.15, 0.2) is 5.82 Å². The van der Waals surface area contributed by atoms with E-state index in [9.17, 15) is 0 Å². The first-order valence-electron chi connectivity index (χ1n) is 7.54. The van der Waals surface area contributed by atoms with E-state index in [1.54, 1.807) is 6.20 Å². The van der Waals surface area contributed by atoms with Crippen LogP contribution in [0.2, 0.25) is 5.28 Å². The van der Waals surface area contributed by atoms with Crippen molar-refractivity contribution >= 4 is 34.3 Å². The molecule has 1 N–H and O–H groups in total. The van der Waals surface area contributed by atoms with Gasteiger partial charge in [-0.2, -0.15) is 10.1 Å². The Labute approximate surface area is 139 Å². The average molecular weight is 331 g/mol. The molecule has 6 nitrogen and oxygen atoms in total. The maximum absolute atomic E-state index is 6.09. The summed E-state index contributed by atoms with van der Waals surface area (Å²) < 4.78 is 1.93. The van der Waals surface area contributed by atoms with Crippen LogP contribution < -0.4 is 5.32 Å². The van der Waals surface area contributed by atoms with Crippen LogP contribution >= 0.6 is 11.6 Å². The van der Waals surface area contributed by atoms with Gasteiger partial charge in [0, 0.05) is 12.7 Å². The molecule has 0 spiro atoms. The maximum atomic E-state index is 6.09. The van der Waals surface area contributed by atoms with Crippen LogP contribution in [-0.2, 0) is 6.54 Å². The molecule has 0 radical (unpaired) electrons. The lowest BCUT2D eigenvalue weighted by atomic mass is 10.2. The van der Waals surface area contributed by atoms with Crippen molar-refractivity contribution in [2.24, 2.45) is 5.92 Å². The third kappa shape index (κ3) is 3.27. The van der Waals surface area contributed by atoms with Crippen LogP contribution in [-0.4, -0.2) is 24.7 Å². The van der Waals surface area contributed by atoms with Crippen molar-refractivity contribution in [1.29, 1.82) is 0 Å². The van der Waals surface area contributed by atoms with Crippen LogP contribution in [0.3, 0.4) is 0 Å². The average Bonchev–Trinajstić information content (AvgIpc) is 2.74. The molecule has 3 rings (SSSR count). The Bertz CT molecular complexity index is 855. The van der Waals surface area contributed by atoms with E-state index in [1.165, 1.54) is 0 Å². The van der Waals surface area contributed by atoms with E-state index in [0.29, 0.717) is 11.7 Å². The van der Waals surface area contributed by atoms with Crippen LogP contribution in [0.25, 0.3) is 11.0 Å². The van der Waals surface area contributed by atoms with Crippen molar-refractivity contribution < 1.29 is 0 Å². The summed E-state index contributed by atoms with van der Waals surface area (Å²) in [5.74, 6) is 1.80. The smallest absolute Gasteiger partial charge is 0.225 e. The largest absolute Gasteiger partial charge is 0.323 e. The van der Waals surface area contributed by atoms with Gasteiger partial charge in [0.2, 0.25) is 5.28 Å². The molecule has 0 unspecified atom stereocenters. The van der Waals surface area contributed by atoms with Crippen LogP contribution in [0.1, 0.15) is 25.1 Å². The lowest BCUT2D eigenvalue weighted by molar-refractivity contribution is 0.493. The summed E-state index contributed by atoms with van der Waals surface area (Å²) in [4.78, 5) is 13.0. The normalized spacial score (nSPS) is 11.4. The molecule has 0 aliphatic heterocycles. The van der Waals surface area contributed by atoms with Crippen molar-refractivity contribution in [2.45, 2.75) is 34.2 Å². The minimum atomic E-state index is 0.194. The number of aromatic nitrogens is 5. The predicted molar refractivity (Wildman–Crippen MR) is 92.2 cm³/mol. The van der Waals surface area contributed by atoms with Gasteiger partial charge in [0.25, 0.3) is 0 Å². The number of anilines is 2. The first-order chi connectivity index (χ1) is 10.9. The Morgan fingerprint density at radius 3 is 2.74 bits per heavy atom. The van der Waals surface area contributed by atoms with Crippen LogP contribution in [0.4, 0.5) is 11.6 Å². The Morgan fingerprint density at radius 1 is 1.26 bits per heavy atom. The molecule has 3 aromatic rings. The predicted octanol–water partition coefficient (Wildman–Crippen LogP) is 3.89. The molecule has 3 aromatic heterocycles. The zero-order chi connectivity index (χ0) is 16.6. The minimum absolute atomic E-state index is 0.194. The molecule has 120 valence electrons. The third-order valence-electron chi connectivity index (χ3n) is 3.43. The minimum Gasteiger partial charge on any atom is -0.323 e. The number of hydrogen-bond donors (Lipinski definition) is 1. The van der Waals surface area contributed by atoms with E-state index in [2.05, 4.69) is 39.2 Å². The highest BCUT2D eigenvalue weighted by molar-refractivity contribution is 6.28. The summed E-state index contributed by atoms with van der Waals surface area (Å²) >= 11 is 6.09. The first-order valence-corrected chi connectivity index (χ1v) is 7.92. The fraction of sp³-hybridized carbons (Fsp3) is 0.375. The number of halogens is 1. The van der Waals surface area contributed by atoms with E-state index in [0.717, 1.165) is 34.7 Å². The molecular formula is C16H19ClN6. The summed E-state index contributed by atoms with van der Waals surface area (Å²) in [6.45, 7) is 9.02. The van der Waals surface area contributed by atoms with E-state index in [-0.39, 0.29) is 5.28 Å². The standard InChI is InChI=1S/C16H19ClN6/c1-9(2)8-23-14-13(11(4)22-23)20-16(17)21-15(14)19-12-7-10(3)5-6-18-12/h5-7,9H,8H2,1-4H3,(H,18,19,20,21). The third-order valence-corrected chi connectivity index (χ3v) is 3.60. The summed E-state index contributed by atoms with van der Waals surface area (Å²) in [7, 11) is 0. The number of pyridine rings is 1. The molecular weight excluding hydrogens is 312 g/mol. The van der Waals surface area contributed by atoms with Gasteiger partial charge >= 0.3 is 0 Å². The second-order valence-corrected chi connectivity index (χ2v) is 6.38. The lowest BCUT2D eigenvalue weighted by Crippen LogP contribution is -2.08. The topological polar surface area (TPSA) is 68.5 Å². The number of nitrogens with one attached hydrogen (secondary N) is 1. The molecule has 0 aromatic carbocycles. The summed E-state index contributed by atoms with van der Waals surface area (Å²) in [6.07, 6.45) is 1.76. The molecule has 0 amide bonds. The van der Waals surface area contributed by atoms with Gasteiger partial charge in [-0.05, 0) is 49.1 Å². The molecule has 7 heteroatoms. The first kappa shape index (κ1) is 15.7. The zero-order valence-corrected chi connectivity index (χ0v) is 14.4. The molecule has 0 saturated carbocycles. The van der Waals surface area contributed by atoms with Crippen molar-refractivity contribution in [3.05, 3.63) is 34.9 Å². The van der Waals surface area contributed by atoms with Crippen LogP contribution in [0.5, 0.6) is 0 Å². The highest BCUT2D eigenvalue weighted by atomic mass is 35.5. The molecule has 0 bridgehead atoms. The maximum Gasteiger partial charge on any atom is 0.225 e. The van der Waals surface area contributed by atoms with Crippen molar-refractivity contribution in [3.63, 3.8) is 0 Å². The molecule has 0 atom stereocenters. The van der Waals surface area contributed by atoms with Gasteiger partial charge in [-0.3, -0.25) is 4.68 Å². The summed E-state index contributed by atoms with van der Waals surface area (Å²) in [5.41, 5.74) is 3.57. The quantitative estimate of drug-likeness (QED) is 0.735. The van der Waals surface area contributed by atoms with Crippen molar-refractivity contribution in [3.8, 4) is 0 Å². The van der Waals surface area contributed by atoms with E-state index in [4.69, 9.17) is 11.6 Å². The molecule has 23 heavy (non-hydrogen) atoms. The van der Waals surface area contributed by atoms with Gasteiger partial charge in [0.1, 0.15) is 16.9 Å². The van der Waals surface area contributed by atoms with Gasteiger partial charge in [0.05, 0.1) is 5.69 Å². The Hall–Kier alpha value is -2.21. The van der Waals surface area contributed by atoms with Crippen molar-refractivity contribution in [1.82, 2.24) is 24.7 Å². The van der Waals surface area contributed by atoms with Crippen LogP contribution in [0, 0.1) is 19.8 Å². The summed E-state index contributed by atoms with van der Waals surface area (Å²) in [6, 6.07) is 3.90. The molecule has 0 aliphatic rings. The molecule has 3 heterocycles. The highest BCUT2D eigenvalue weighted by Crippen LogP contribution is 2.27. The number of rotatable bonds is 4. The fourth-order valence-corrected chi connectivity index (χ4v) is 2.66. The Balaban J connectivity index is 2.14. The highest BCUT2D eigenvalue weighted by Gasteiger charge is 2.17. The molecule has 0 aliphatic carbocycles. The second-order valence-electron chi connectivity index (χ2n) is 6.04. The number of nitrogens with zero attached hydrogens (tertiary/aromatic N) is 5. The van der Waals surface area contributed by atoms with E-state index >= 15 is 0 Å². The number of fused-ring (bicyclic) bond motifs is 1. The monoisotopic (exact) mass is 330 g/mol. The molecule has 0 fully saturated rings. The van der Waals surface area contributed by atoms with E-state index < -0.39 is 0 Å².